The van der Waals surface area contributed by atoms with Crippen molar-refractivity contribution in [1.82, 2.24) is 0 Å². The van der Waals surface area contributed by atoms with Gasteiger partial charge in [-0.25, -0.2) is 0 Å². The molecule has 0 spiro atoms. The van der Waals surface area contributed by atoms with E-state index in [0.29, 0.717) is 51.1 Å². The maximum atomic E-state index is 11.2. The Labute approximate surface area is 434 Å². The molecule has 364 valence electrons. The smallest absolute Gasteiger partial charge is 0.550 e. The molecule has 4 unspecified atom stereocenters. The summed E-state index contributed by atoms with van der Waals surface area (Å²) < 4.78 is 23.0. The molecule has 0 amide bonds. The molecule has 2 rings (SSSR count). The van der Waals surface area contributed by atoms with Crippen LogP contribution in [-0.2, 0) is 51.3 Å². The van der Waals surface area contributed by atoms with Gasteiger partial charge in [-0.2, -0.15) is 0 Å². The standard InChI is InChI=1S/2C27H44O5.Ba/c2*1-3-4-5-6-12-17-25(31-22-24-15-10-9-11-16-24)18-13-7-8-14-19-26(32-23(2)28)20-21-27(29)30;/h2*9-11,15-16,25-26H,3-8,12-14,17-22H2,1-2H3,(H,29,30);/q;;+2/p-2. The number of hydrogen-bond donors (Lipinski definition) is 0. The Morgan fingerprint density at radius 2 is 0.692 bits per heavy atom. The van der Waals surface area contributed by atoms with Gasteiger partial charge in [0.2, 0.25) is 0 Å². The van der Waals surface area contributed by atoms with Crippen LogP contribution in [0.2, 0.25) is 0 Å². The van der Waals surface area contributed by atoms with Crippen molar-refractivity contribution in [1.29, 1.82) is 0 Å². The predicted octanol–water partition coefficient (Wildman–Crippen LogP) is 11.1. The second-order valence-corrected chi connectivity index (χ2v) is 17.5. The Kier molecular flexibility index (Phi) is 42.8. The van der Waals surface area contributed by atoms with Gasteiger partial charge >= 0.3 is 60.8 Å². The van der Waals surface area contributed by atoms with Crippen molar-refractivity contribution in [3.63, 3.8) is 0 Å². The number of carboxylic acid groups (broad SMARTS) is 2. The van der Waals surface area contributed by atoms with Gasteiger partial charge in [0.05, 0.1) is 25.4 Å². The van der Waals surface area contributed by atoms with Crippen molar-refractivity contribution < 1.29 is 48.3 Å². The average molecular weight is 1030 g/mol. The van der Waals surface area contributed by atoms with Crippen LogP contribution in [0.15, 0.2) is 60.7 Å². The van der Waals surface area contributed by atoms with E-state index in [-0.39, 0.29) is 85.9 Å². The molecule has 4 atom stereocenters. The van der Waals surface area contributed by atoms with E-state index in [9.17, 15) is 29.4 Å². The Hall–Kier alpha value is -2.19. The number of carbonyl (C=O) groups excluding carboxylic acids is 4. The van der Waals surface area contributed by atoms with Gasteiger partial charge in [-0.15, -0.1) is 0 Å². The largest absolute Gasteiger partial charge is 2.00 e. The quantitative estimate of drug-likeness (QED) is 0.0358. The molecule has 0 heterocycles. The second-order valence-electron chi connectivity index (χ2n) is 17.5. The van der Waals surface area contributed by atoms with Crippen LogP contribution < -0.4 is 10.2 Å². The van der Waals surface area contributed by atoms with Gasteiger partial charge in [0.25, 0.3) is 0 Å². The first-order chi connectivity index (χ1) is 31.0. The number of rotatable bonds is 40. The van der Waals surface area contributed by atoms with Gasteiger partial charge in [-0.1, -0.05) is 177 Å². The SMILES string of the molecule is CCCCCCCC(CCCCCCC(CCC(=O)[O-])OC(C)=O)OCc1ccccc1.CCCCCCCC(CCCCCCC(CCC(=O)[O-])OC(C)=O)OCc1ccccc1.[Ba+2]. The van der Waals surface area contributed by atoms with E-state index in [1.807, 2.05) is 12.1 Å². The molecule has 11 heteroatoms. The van der Waals surface area contributed by atoms with E-state index in [2.05, 4.69) is 62.4 Å². The topological polar surface area (TPSA) is 151 Å². The van der Waals surface area contributed by atoms with Crippen molar-refractivity contribution >= 4 is 72.8 Å². The van der Waals surface area contributed by atoms with Crippen LogP contribution in [0.4, 0.5) is 0 Å². The van der Waals surface area contributed by atoms with E-state index in [1.165, 1.54) is 89.2 Å². The van der Waals surface area contributed by atoms with Gasteiger partial charge in [-0.3, -0.25) is 9.59 Å². The molecule has 0 radical (unpaired) electrons. The fourth-order valence-corrected chi connectivity index (χ4v) is 7.90. The average Bonchev–Trinajstić information content (AvgIpc) is 3.27. The van der Waals surface area contributed by atoms with Crippen molar-refractivity contribution in [2.75, 3.05) is 0 Å². The first-order valence-corrected chi connectivity index (χ1v) is 25.1. The molecular weight excluding hydrogens is 946 g/mol. The number of unbranched alkanes of at least 4 members (excludes halogenated alkanes) is 14. The predicted molar refractivity (Wildman–Crippen MR) is 258 cm³/mol. The molecule has 0 N–H and O–H groups in total. The van der Waals surface area contributed by atoms with Crippen LogP contribution in [0, 0.1) is 0 Å². The summed E-state index contributed by atoms with van der Waals surface area (Å²) in [4.78, 5) is 43.8. The molecule has 10 nitrogen and oxygen atoms in total. The normalized spacial score (nSPS) is 12.7. The summed E-state index contributed by atoms with van der Waals surface area (Å²) in [7, 11) is 0. The van der Waals surface area contributed by atoms with Crippen molar-refractivity contribution in [2.24, 2.45) is 0 Å². The molecule has 0 bridgehead atoms. The van der Waals surface area contributed by atoms with Crippen LogP contribution in [0.25, 0.3) is 0 Å². The molecule has 0 aromatic heterocycles. The van der Waals surface area contributed by atoms with E-state index >= 15 is 0 Å². The van der Waals surface area contributed by atoms with E-state index < -0.39 is 11.9 Å². The van der Waals surface area contributed by atoms with Crippen LogP contribution in [-0.4, -0.2) is 97.2 Å². The van der Waals surface area contributed by atoms with Crippen LogP contribution in [0.1, 0.15) is 219 Å². The number of aliphatic carboxylic acids is 2. The van der Waals surface area contributed by atoms with E-state index in [0.717, 1.165) is 77.0 Å². The molecule has 0 aliphatic heterocycles. The van der Waals surface area contributed by atoms with Gasteiger partial charge in [0, 0.05) is 25.8 Å². The molecule has 0 saturated heterocycles. The summed E-state index contributed by atoms with van der Waals surface area (Å²) in [5, 5.41) is 21.4. The monoisotopic (exact) mass is 1030 g/mol. The molecule has 0 aliphatic carbocycles. The Morgan fingerprint density at radius 3 is 0.954 bits per heavy atom. The van der Waals surface area contributed by atoms with E-state index in [1.54, 1.807) is 0 Å². The van der Waals surface area contributed by atoms with Gasteiger partial charge in [0.15, 0.2) is 0 Å². The fraction of sp³-hybridized carbons (Fsp3) is 0.704. The fourth-order valence-electron chi connectivity index (χ4n) is 7.90. The first kappa shape index (κ1) is 62.8. The Morgan fingerprint density at radius 1 is 0.415 bits per heavy atom. The molecule has 2 aromatic rings. The minimum atomic E-state index is -1.10. The van der Waals surface area contributed by atoms with Crippen LogP contribution in [0.5, 0.6) is 0 Å². The zero-order valence-corrected chi connectivity index (χ0v) is 45.5. The molecule has 65 heavy (non-hydrogen) atoms. The molecule has 0 fully saturated rings. The van der Waals surface area contributed by atoms with Gasteiger partial charge in [-0.05, 0) is 88.2 Å². The Bertz CT molecular complexity index is 1320. The third-order valence-electron chi connectivity index (χ3n) is 11.5. The number of carboxylic acids is 2. The van der Waals surface area contributed by atoms with Crippen molar-refractivity contribution in [2.45, 2.75) is 245 Å². The Balaban J connectivity index is 0.00000124. The molecule has 0 saturated carbocycles. The maximum absolute atomic E-state index is 11.2. The van der Waals surface area contributed by atoms with Crippen LogP contribution >= 0.6 is 0 Å². The number of carbonyl (C=O) groups is 4. The number of benzene rings is 2. The van der Waals surface area contributed by atoms with Crippen LogP contribution in [0.3, 0.4) is 0 Å². The summed E-state index contributed by atoms with van der Waals surface area (Å²) in [6.45, 7) is 8.55. The summed E-state index contributed by atoms with van der Waals surface area (Å²) in [5.74, 6) is -2.91. The number of ether oxygens (including phenoxy) is 4. The maximum Gasteiger partial charge on any atom is 2.00 e. The minimum absolute atomic E-state index is 0. The number of esters is 2. The molecular formula is C54H86BaO10. The first-order valence-electron chi connectivity index (χ1n) is 25.1. The van der Waals surface area contributed by atoms with Gasteiger partial charge in [0.1, 0.15) is 12.2 Å². The number of hydrogen-bond acceptors (Lipinski definition) is 10. The van der Waals surface area contributed by atoms with E-state index in [4.69, 9.17) is 18.9 Å². The molecule has 0 aliphatic rings. The summed E-state index contributed by atoms with van der Waals surface area (Å²) in [6.07, 6.45) is 27.4. The van der Waals surface area contributed by atoms with Crippen molar-refractivity contribution in [3.8, 4) is 0 Å². The van der Waals surface area contributed by atoms with Crippen molar-refractivity contribution in [3.05, 3.63) is 71.8 Å². The third-order valence-corrected chi connectivity index (χ3v) is 11.5. The molecule has 2 aromatic carbocycles. The summed E-state index contributed by atoms with van der Waals surface area (Å²) >= 11 is 0. The minimum Gasteiger partial charge on any atom is -0.550 e. The third kappa shape index (κ3) is 40.6. The zero-order valence-electron chi connectivity index (χ0n) is 41.1. The summed E-state index contributed by atoms with van der Waals surface area (Å²) in [5.41, 5.74) is 2.44. The van der Waals surface area contributed by atoms with Gasteiger partial charge < -0.3 is 38.7 Å². The summed E-state index contributed by atoms with van der Waals surface area (Å²) in [6, 6.07) is 20.7. The second kappa shape index (κ2) is 44.3. The zero-order chi connectivity index (χ0) is 46.9.